The number of rotatable bonds is 4. The van der Waals surface area contributed by atoms with Crippen LogP contribution in [0.1, 0.15) is 42.5 Å². The lowest BCUT2D eigenvalue weighted by Gasteiger charge is -2.37. The topological polar surface area (TPSA) is 92.8 Å². The molecule has 1 atom stereocenters. The third-order valence-corrected chi connectivity index (χ3v) is 7.04. The summed E-state index contributed by atoms with van der Waals surface area (Å²) in [6.07, 6.45) is 6.13. The molecule has 148 valence electrons. The van der Waals surface area contributed by atoms with Crippen LogP contribution in [0.25, 0.3) is 0 Å². The average Bonchev–Trinajstić information content (AvgIpc) is 3.01. The van der Waals surface area contributed by atoms with Crippen LogP contribution in [0, 0.1) is 11.3 Å². The molecule has 1 saturated heterocycles. The number of ether oxygens (including phenoxy) is 1. The van der Waals surface area contributed by atoms with Crippen LogP contribution in [0.3, 0.4) is 0 Å². The molecule has 1 aliphatic heterocycles. The minimum atomic E-state index is -3.33. The molecule has 1 heterocycles. The fourth-order valence-electron chi connectivity index (χ4n) is 4.34. The van der Waals surface area contributed by atoms with Crippen LogP contribution < -0.4 is 5.32 Å². The Bertz CT molecular complexity index is 813. The van der Waals surface area contributed by atoms with Gasteiger partial charge in [0.1, 0.15) is 0 Å². The number of methoxy groups -OCH3 is 1. The van der Waals surface area contributed by atoms with E-state index < -0.39 is 16.0 Å². The van der Waals surface area contributed by atoms with Crippen molar-refractivity contribution >= 4 is 27.6 Å². The Morgan fingerprint density at radius 3 is 2.33 bits per heavy atom. The van der Waals surface area contributed by atoms with Crippen LogP contribution in [0.4, 0.5) is 5.69 Å². The molecule has 2 aliphatic rings. The second kappa shape index (κ2) is 7.59. The predicted octanol–water partition coefficient (Wildman–Crippen LogP) is 2.25. The first kappa shape index (κ1) is 19.8. The molecule has 2 fully saturated rings. The molecule has 1 aromatic carbocycles. The molecule has 0 unspecified atom stereocenters. The minimum absolute atomic E-state index is 0.158. The van der Waals surface area contributed by atoms with E-state index in [0.29, 0.717) is 17.8 Å². The smallest absolute Gasteiger partial charge is 0.337 e. The van der Waals surface area contributed by atoms with Gasteiger partial charge in [0.25, 0.3) is 0 Å². The number of amides is 1. The van der Waals surface area contributed by atoms with E-state index in [-0.39, 0.29) is 23.8 Å². The summed E-state index contributed by atoms with van der Waals surface area (Å²) >= 11 is 0. The van der Waals surface area contributed by atoms with Crippen molar-refractivity contribution in [1.29, 1.82) is 0 Å². The first-order valence-corrected chi connectivity index (χ1v) is 11.0. The SMILES string of the molecule is COC(=O)c1ccc(NC(=O)[C@@H]2CN(S(C)(=O)=O)CC23CCCCC3)cc1. The van der Waals surface area contributed by atoms with E-state index in [1.165, 1.54) is 17.7 Å². The van der Waals surface area contributed by atoms with Gasteiger partial charge in [-0.25, -0.2) is 17.5 Å². The summed E-state index contributed by atoms with van der Waals surface area (Å²) < 4.78 is 30.2. The van der Waals surface area contributed by atoms with E-state index in [9.17, 15) is 18.0 Å². The Hall–Kier alpha value is -1.93. The number of esters is 1. The van der Waals surface area contributed by atoms with Crippen LogP contribution in [-0.2, 0) is 19.6 Å². The molecule has 0 radical (unpaired) electrons. The van der Waals surface area contributed by atoms with Gasteiger partial charge in [-0.15, -0.1) is 0 Å². The van der Waals surface area contributed by atoms with Crippen molar-refractivity contribution in [3.05, 3.63) is 29.8 Å². The highest BCUT2D eigenvalue weighted by atomic mass is 32.2. The summed E-state index contributed by atoms with van der Waals surface area (Å²) in [4.78, 5) is 24.5. The second-order valence-electron chi connectivity index (χ2n) is 7.59. The van der Waals surface area contributed by atoms with E-state index in [1.54, 1.807) is 24.3 Å². The molecule has 3 rings (SSSR count). The maximum absolute atomic E-state index is 13.0. The number of hydrogen-bond donors (Lipinski definition) is 1. The van der Waals surface area contributed by atoms with E-state index in [0.717, 1.165) is 32.1 Å². The van der Waals surface area contributed by atoms with Gasteiger partial charge in [-0.1, -0.05) is 19.3 Å². The molecule has 1 amide bonds. The van der Waals surface area contributed by atoms with E-state index >= 15 is 0 Å². The lowest BCUT2D eigenvalue weighted by atomic mass is 9.67. The molecule has 1 saturated carbocycles. The van der Waals surface area contributed by atoms with Crippen LogP contribution in [-0.4, -0.2) is 51.1 Å². The molecule has 1 aromatic rings. The van der Waals surface area contributed by atoms with Crippen LogP contribution >= 0.6 is 0 Å². The number of carbonyl (C=O) groups is 2. The molecule has 1 N–H and O–H groups in total. The maximum Gasteiger partial charge on any atom is 0.337 e. The van der Waals surface area contributed by atoms with Crippen molar-refractivity contribution in [3.8, 4) is 0 Å². The zero-order chi connectivity index (χ0) is 19.7. The summed E-state index contributed by atoms with van der Waals surface area (Å²) in [5.74, 6) is -0.963. The summed E-state index contributed by atoms with van der Waals surface area (Å²) in [6.45, 7) is 0.649. The van der Waals surface area contributed by atoms with Gasteiger partial charge in [0.05, 0.1) is 24.8 Å². The fourth-order valence-corrected chi connectivity index (χ4v) is 5.25. The highest BCUT2D eigenvalue weighted by Gasteiger charge is 2.52. The maximum atomic E-state index is 13.0. The summed E-state index contributed by atoms with van der Waals surface area (Å²) in [5.41, 5.74) is 0.706. The molecule has 1 aliphatic carbocycles. The molecule has 1 spiro atoms. The normalized spacial score (nSPS) is 22.5. The number of nitrogens with one attached hydrogen (secondary N) is 1. The summed E-state index contributed by atoms with van der Waals surface area (Å²) in [7, 11) is -2.02. The molecule has 27 heavy (non-hydrogen) atoms. The van der Waals surface area contributed by atoms with Crippen molar-refractivity contribution < 1.29 is 22.7 Å². The van der Waals surface area contributed by atoms with Gasteiger partial charge >= 0.3 is 5.97 Å². The molecule has 0 bridgehead atoms. The van der Waals surface area contributed by atoms with Gasteiger partial charge in [0.15, 0.2) is 0 Å². The quantitative estimate of drug-likeness (QED) is 0.791. The zero-order valence-corrected chi connectivity index (χ0v) is 16.5. The summed E-state index contributed by atoms with van der Waals surface area (Å²) in [6, 6.07) is 6.49. The third-order valence-electron chi connectivity index (χ3n) is 5.83. The molecular formula is C19H26N2O5S. The Balaban J connectivity index is 1.78. The highest BCUT2D eigenvalue weighted by molar-refractivity contribution is 7.88. The predicted molar refractivity (Wildman–Crippen MR) is 102 cm³/mol. The number of hydrogen-bond acceptors (Lipinski definition) is 5. The molecule has 8 heteroatoms. The van der Waals surface area contributed by atoms with Gasteiger partial charge < -0.3 is 10.1 Å². The lowest BCUT2D eigenvalue weighted by Crippen LogP contribution is -2.39. The van der Waals surface area contributed by atoms with E-state index in [2.05, 4.69) is 10.1 Å². The van der Waals surface area contributed by atoms with Crippen LogP contribution in [0.5, 0.6) is 0 Å². The molecule has 7 nitrogen and oxygen atoms in total. The number of sulfonamides is 1. The van der Waals surface area contributed by atoms with Gasteiger partial charge in [0.2, 0.25) is 15.9 Å². The first-order valence-electron chi connectivity index (χ1n) is 9.19. The van der Waals surface area contributed by atoms with Crippen LogP contribution in [0.2, 0.25) is 0 Å². The zero-order valence-electron chi connectivity index (χ0n) is 15.7. The standard InChI is InChI=1S/C19H26N2O5S/c1-26-18(23)14-6-8-15(9-7-14)20-17(22)16-12-21(27(2,24)25)13-19(16)10-4-3-5-11-19/h6-9,16H,3-5,10-13H2,1-2H3,(H,20,22)/t16-/m0/s1. The largest absolute Gasteiger partial charge is 0.465 e. The highest BCUT2D eigenvalue weighted by Crippen LogP contribution is 2.48. The van der Waals surface area contributed by atoms with Gasteiger partial charge in [-0.2, -0.15) is 0 Å². The van der Waals surface area contributed by atoms with Crippen molar-refractivity contribution in [2.75, 3.05) is 31.8 Å². The minimum Gasteiger partial charge on any atom is -0.465 e. The first-order chi connectivity index (χ1) is 12.7. The second-order valence-corrected chi connectivity index (χ2v) is 9.57. The van der Waals surface area contributed by atoms with Crippen molar-refractivity contribution in [2.24, 2.45) is 11.3 Å². The van der Waals surface area contributed by atoms with Crippen molar-refractivity contribution in [1.82, 2.24) is 4.31 Å². The van der Waals surface area contributed by atoms with Gasteiger partial charge in [0, 0.05) is 18.8 Å². The fraction of sp³-hybridized carbons (Fsp3) is 0.579. The Morgan fingerprint density at radius 1 is 1.15 bits per heavy atom. The Kier molecular flexibility index (Phi) is 5.58. The Labute approximate surface area is 160 Å². The van der Waals surface area contributed by atoms with Crippen molar-refractivity contribution in [2.45, 2.75) is 32.1 Å². The van der Waals surface area contributed by atoms with Gasteiger partial charge in [-0.05, 0) is 42.5 Å². The molecule has 0 aromatic heterocycles. The van der Waals surface area contributed by atoms with E-state index in [4.69, 9.17) is 0 Å². The average molecular weight is 394 g/mol. The van der Waals surface area contributed by atoms with Crippen LogP contribution in [0.15, 0.2) is 24.3 Å². The number of nitrogens with zero attached hydrogens (tertiary/aromatic N) is 1. The number of benzene rings is 1. The third kappa shape index (κ3) is 4.16. The van der Waals surface area contributed by atoms with E-state index in [1.807, 2.05) is 0 Å². The Morgan fingerprint density at radius 2 is 1.78 bits per heavy atom. The molecular weight excluding hydrogens is 368 g/mol. The number of anilines is 1. The monoisotopic (exact) mass is 394 g/mol. The lowest BCUT2D eigenvalue weighted by molar-refractivity contribution is -0.123. The number of carbonyl (C=O) groups excluding carboxylic acids is 2. The van der Waals surface area contributed by atoms with Gasteiger partial charge in [-0.3, -0.25) is 4.79 Å². The summed E-state index contributed by atoms with van der Waals surface area (Å²) in [5, 5.41) is 2.90. The van der Waals surface area contributed by atoms with Crippen molar-refractivity contribution in [3.63, 3.8) is 0 Å².